The Hall–Kier alpha value is -7.86. The fourth-order valence-corrected chi connectivity index (χ4v) is 11.9. The van der Waals surface area contributed by atoms with Crippen LogP contribution in [0, 0.1) is 5.92 Å². The predicted octanol–water partition coefficient (Wildman–Crippen LogP) is 16.5. The van der Waals surface area contributed by atoms with Crippen LogP contribution < -0.4 is 0 Å². The summed E-state index contributed by atoms with van der Waals surface area (Å²) in [6, 6.07) is 70.7. The van der Waals surface area contributed by atoms with Gasteiger partial charge in [-0.1, -0.05) is 140 Å². The summed E-state index contributed by atoms with van der Waals surface area (Å²) in [5.74, 6) is 0.724. The van der Waals surface area contributed by atoms with Gasteiger partial charge in [0, 0.05) is 53.3 Å². The lowest BCUT2D eigenvalue weighted by molar-refractivity contribution is 0.533. The summed E-state index contributed by atoms with van der Waals surface area (Å²) < 4.78 is 12.0. The third-order valence-corrected chi connectivity index (χ3v) is 15.0. The number of nitrogens with zero attached hydrogens (tertiary/aromatic N) is 3. The molecular weight excluding hydrogens is 811 g/mol. The van der Waals surface area contributed by atoms with E-state index in [1.807, 2.05) is 11.3 Å². The van der Waals surface area contributed by atoms with Crippen molar-refractivity contribution in [2.75, 3.05) is 0 Å². The topological polar surface area (TPSA) is 42.8 Å². The van der Waals surface area contributed by atoms with Crippen LogP contribution in [-0.2, 0) is 0 Å². The highest BCUT2D eigenvalue weighted by Crippen LogP contribution is 2.44. The minimum Gasteiger partial charge on any atom is -0.455 e. The fraction of sp³-hybridized carbons (Fsp3) is 0.0667. The summed E-state index contributed by atoms with van der Waals surface area (Å²) in [4.78, 5) is 11.5. The van der Waals surface area contributed by atoms with Crippen molar-refractivity contribution < 1.29 is 4.42 Å². The van der Waals surface area contributed by atoms with E-state index in [0.717, 1.165) is 61.9 Å². The Labute approximate surface area is 378 Å². The molecule has 13 aromatic rings. The summed E-state index contributed by atoms with van der Waals surface area (Å²) in [7, 11) is 0. The molecule has 4 nitrogen and oxygen atoms in total. The number of hydrogen-bond donors (Lipinski definition) is 0. The first-order chi connectivity index (χ1) is 32.1. The molecule has 65 heavy (non-hydrogen) atoms. The van der Waals surface area contributed by atoms with Crippen LogP contribution in [0.5, 0.6) is 0 Å². The number of aromatic nitrogens is 1. The first kappa shape index (κ1) is 36.6. The molecule has 2 unspecified atom stereocenters. The average Bonchev–Trinajstić information content (AvgIpc) is 4.02. The fourth-order valence-electron chi connectivity index (χ4n) is 10.8. The Morgan fingerprint density at radius 3 is 1.85 bits per heavy atom. The van der Waals surface area contributed by atoms with E-state index in [4.69, 9.17) is 14.4 Å². The van der Waals surface area contributed by atoms with E-state index in [9.17, 15) is 0 Å². The van der Waals surface area contributed by atoms with Crippen molar-refractivity contribution in [1.82, 2.24) is 4.57 Å². The van der Waals surface area contributed by atoms with Crippen molar-refractivity contribution in [3.05, 3.63) is 211 Å². The van der Waals surface area contributed by atoms with E-state index in [0.29, 0.717) is 5.84 Å². The quantitative estimate of drug-likeness (QED) is 0.170. The molecular formula is C60H39N3OS. The highest BCUT2D eigenvalue weighted by atomic mass is 32.1. The Kier molecular flexibility index (Phi) is 7.92. The number of amidine groups is 1. The normalized spacial score (nSPS) is 15.7. The van der Waals surface area contributed by atoms with Crippen molar-refractivity contribution in [2.45, 2.75) is 19.4 Å². The molecule has 0 saturated carbocycles. The van der Waals surface area contributed by atoms with Crippen molar-refractivity contribution >= 4 is 119 Å². The summed E-state index contributed by atoms with van der Waals surface area (Å²) in [6.07, 6.45) is 0.876. The Morgan fingerprint density at radius 1 is 0.508 bits per heavy atom. The lowest BCUT2D eigenvalue weighted by Gasteiger charge is -2.30. The van der Waals surface area contributed by atoms with Crippen LogP contribution in [0.4, 0.5) is 0 Å². The highest BCUT2D eigenvalue weighted by Gasteiger charge is 2.33. The zero-order valence-corrected chi connectivity index (χ0v) is 36.3. The number of aliphatic imine (C=N–C) groups is 2. The van der Waals surface area contributed by atoms with E-state index in [1.165, 1.54) is 68.8 Å². The van der Waals surface area contributed by atoms with Crippen molar-refractivity contribution in [3.8, 4) is 5.69 Å². The maximum Gasteiger partial charge on any atom is 0.159 e. The van der Waals surface area contributed by atoms with Gasteiger partial charge in [-0.05, 0) is 111 Å². The lowest BCUT2D eigenvalue weighted by atomic mass is 9.82. The lowest BCUT2D eigenvalue weighted by Crippen LogP contribution is -2.28. The zero-order valence-electron chi connectivity index (χ0n) is 35.5. The van der Waals surface area contributed by atoms with Crippen LogP contribution in [0.25, 0.3) is 102 Å². The van der Waals surface area contributed by atoms with Crippen LogP contribution >= 0.6 is 11.3 Å². The number of benzene rings is 10. The number of thiophene rings is 1. The largest absolute Gasteiger partial charge is 0.455 e. The van der Waals surface area contributed by atoms with Crippen LogP contribution in [0.3, 0.4) is 0 Å². The molecule has 0 amide bonds. The monoisotopic (exact) mass is 849 g/mol. The van der Waals surface area contributed by atoms with Crippen LogP contribution in [-0.4, -0.2) is 16.1 Å². The average molecular weight is 850 g/mol. The van der Waals surface area contributed by atoms with Crippen molar-refractivity contribution in [2.24, 2.45) is 15.9 Å². The van der Waals surface area contributed by atoms with Crippen LogP contribution in [0.1, 0.15) is 36.1 Å². The van der Waals surface area contributed by atoms with Crippen LogP contribution in [0.2, 0.25) is 0 Å². The molecule has 0 aliphatic carbocycles. The Morgan fingerprint density at radius 2 is 1.12 bits per heavy atom. The van der Waals surface area contributed by atoms with Crippen molar-refractivity contribution in [1.29, 1.82) is 0 Å². The van der Waals surface area contributed by atoms with Gasteiger partial charge in [-0.3, -0.25) is 4.99 Å². The number of rotatable bonds is 5. The third-order valence-electron chi connectivity index (χ3n) is 13.9. The second-order valence-electron chi connectivity index (χ2n) is 17.6. The molecule has 14 rings (SSSR count). The minimum atomic E-state index is -0.183. The second-order valence-corrected chi connectivity index (χ2v) is 18.6. The van der Waals surface area contributed by atoms with Gasteiger partial charge in [0.2, 0.25) is 0 Å². The van der Waals surface area contributed by atoms with E-state index in [2.05, 4.69) is 206 Å². The van der Waals surface area contributed by atoms with Gasteiger partial charge in [0.25, 0.3) is 0 Å². The van der Waals surface area contributed by atoms with Gasteiger partial charge < -0.3 is 8.98 Å². The van der Waals surface area contributed by atoms with Gasteiger partial charge >= 0.3 is 0 Å². The van der Waals surface area contributed by atoms with Gasteiger partial charge in [-0.25, -0.2) is 4.99 Å². The molecule has 0 radical (unpaired) electrons. The molecule has 0 spiro atoms. The van der Waals surface area contributed by atoms with Gasteiger partial charge in [-0.15, -0.1) is 11.3 Å². The zero-order chi connectivity index (χ0) is 42.8. The molecule has 4 heterocycles. The number of hydrogen-bond acceptors (Lipinski definition) is 4. The molecule has 10 aromatic carbocycles. The molecule has 1 aliphatic rings. The van der Waals surface area contributed by atoms with Crippen LogP contribution in [0.15, 0.2) is 209 Å². The van der Waals surface area contributed by atoms with Gasteiger partial charge in [0.15, 0.2) is 5.84 Å². The Balaban J connectivity index is 1.07. The molecule has 1 aliphatic heterocycles. The Bertz CT molecular complexity index is 4110. The molecule has 5 heteroatoms. The first-order valence-corrected chi connectivity index (χ1v) is 23.3. The van der Waals surface area contributed by atoms with E-state index in [-0.39, 0.29) is 12.0 Å². The standard InChI is InChI=1S/C60H39N3OS/c1-2-44-57(41-24-23-35-13-3-4-14-36(35)27-41)61-60(62-58(44)42-25-26-47-46-20-10-12-22-55(46)65-56(47)32-42)51-34-43(33-50-45-19-9-11-21-54(45)64-59(50)51)63-52-30-39-17-7-5-15-37(39)28-48(52)49-29-38-16-6-8-18-40(38)31-53(49)63/h3-34,44,58H,2H2,1H3. The minimum absolute atomic E-state index is 0.0417. The summed E-state index contributed by atoms with van der Waals surface area (Å²) >= 11 is 1.86. The third kappa shape index (κ3) is 5.62. The molecule has 0 saturated heterocycles. The maximum atomic E-state index is 6.93. The number of para-hydroxylation sites is 1. The molecule has 2 atom stereocenters. The molecule has 3 aromatic heterocycles. The summed E-state index contributed by atoms with van der Waals surface area (Å²) in [5, 5.41) is 14.4. The highest BCUT2D eigenvalue weighted by molar-refractivity contribution is 7.25. The molecule has 0 N–H and O–H groups in total. The van der Waals surface area contributed by atoms with E-state index >= 15 is 0 Å². The predicted molar refractivity (Wildman–Crippen MR) is 276 cm³/mol. The first-order valence-electron chi connectivity index (χ1n) is 22.5. The van der Waals surface area contributed by atoms with E-state index < -0.39 is 0 Å². The van der Waals surface area contributed by atoms with Gasteiger partial charge in [-0.2, -0.15) is 0 Å². The molecule has 306 valence electrons. The van der Waals surface area contributed by atoms with Gasteiger partial charge in [0.1, 0.15) is 11.2 Å². The summed E-state index contributed by atoms with van der Waals surface area (Å²) in [6.45, 7) is 2.28. The summed E-state index contributed by atoms with van der Waals surface area (Å²) in [5.41, 5.74) is 9.22. The number of furan rings is 1. The SMILES string of the molecule is CCC1C(c2ccc3ccccc3c2)=NC(c2cc(-n3c4cc5ccccc5cc4c4cc5ccccc5cc43)cc3c2oc2ccccc23)=NC1c1ccc2c(c1)sc1ccccc12. The molecule has 0 bridgehead atoms. The second kappa shape index (κ2) is 14.1. The smallest absolute Gasteiger partial charge is 0.159 e. The molecule has 0 fully saturated rings. The maximum absolute atomic E-state index is 6.93. The van der Waals surface area contributed by atoms with Gasteiger partial charge in [0.05, 0.1) is 28.4 Å². The van der Waals surface area contributed by atoms with E-state index in [1.54, 1.807) is 0 Å². The van der Waals surface area contributed by atoms with Crippen molar-refractivity contribution in [3.63, 3.8) is 0 Å². The number of fused-ring (bicyclic) bond motifs is 12.